The van der Waals surface area contributed by atoms with Gasteiger partial charge in [-0.3, -0.25) is 0 Å². The molecule has 1 aromatic heterocycles. The van der Waals surface area contributed by atoms with E-state index in [2.05, 4.69) is 4.72 Å². The molecule has 0 aliphatic carbocycles. The average Bonchev–Trinajstić information content (AvgIpc) is 2.88. The molecule has 0 bridgehead atoms. The summed E-state index contributed by atoms with van der Waals surface area (Å²) in [5.41, 5.74) is 5.44. The van der Waals surface area contributed by atoms with Crippen LogP contribution < -0.4 is 10.5 Å². The minimum atomic E-state index is -3.39. The van der Waals surface area contributed by atoms with E-state index in [1.54, 1.807) is 6.07 Å². The Morgan fingerprint density at radius 3 is 3.00 bits per heavy atom. The van der Waals surface area contributed by atoms with Gasteiger partial charge in [-0.15, -0.1) is 11.3 Å². The fourth-order valence-electron chi connectivity index (χ4n) is 1.68. The minimum absolute atomic E-state index is 0.0972. The van der Waals surface area contributed by atoms with Crippen LogP contribution in [0.4, 0.5) is 0 Å². The normalized spacial score (nSPS) is 20.9. The Morgan fingerprint density at radius 1 is 1.53 bits per heavy atom. The Labute approximate surface area is 105 Å². The molecular formula is C10H16N2O3S2. The third kappa shape index (κ3) is 3.26. The summed E-state index contributed by atoms with van der Waals surface area (Å²) in [6.07, 6.45) is 1.45. The van der Waals surface area contributed by atoms with E-state index in [0.717, 1.165) is 11.3 Å². The summed E-state index contributed by atoms with van der Waals surface area (Å²) >= 11 is 1.28. The number of sulfonamides is 1. The fraction of sp³-hybridized carbons (Fsp3) is 0.600. The highest BCUT2D eigenvalue weighted by molar-refractivity contribution is 7.91. The lowest BCUT2D eigenvalue weighted by molar-refractivity contribution is 0.192. The van der Waals surface area contributed by atoms with Gasteiger partial charge in [-0.25, -0.2) is 13.1 Å². The van der Waals surface area contributed by atoms with Gasteiger partial charge < -0.3 is 10.5 Å². The maximum Gasteiger partial charge on any atom is 0.250 e. The van der Waals surface area contributed by atoms with Crippen LogP contribution in [-0.2, 0) is 21.2 Å². The van der Waals surface area contributed by atoms with Crippen LogP contribution in [0, 0.1) is 0 Å². The van der Waals surface area contributed by atoms with Crippen molar-refractivity contribution in [3.05, 3.63) is 17.0 Å². The number of ether oxygens (including phenoxy) is 1. The van der Waals surface area contributed by atoms with Crippen LogP contribution >= 0.6 is 11.3 Å². The van der Waals surface area contributed by atoms with Gasteiger partial charge in [0.05, 0.1) is 6.61 Å². The molecular weight excluding hydrogens is 260 g/mol. The molecule has 0 amide bonds. The summed E-state index contributed by atoms with van der Waals surface area (Å²) < 4.78 is 32.2. The van der Waals surface area contributed by atoms with Gasteiger partial charge in [0, 0.05) is 17.5 Å². The molecule has 5 nitrogen and oxygen atoms in total. The molecule has 0 aromatic carbocycles. The van der Waals surface area contributed by atoms with Crippen molar-refractivity contribution in [2.24, 2.45) is 5.73 Å². The summed E-state index contributed by atoms with van der Waals surface area (Å²) in [7, 11) is -3.39. The van der Waals surface area contributed by atoms with Crippen LogP contribution in [0.3, 0.4) is 0 Å². The first-order valence-corrected chi connectivity index (χ1v) is 7.80. The molecule has 1 aromatic rings. The third-order valence-electron chi connectivity index (χ3n) is 2.54. The number of nitrogens with two attached hydrogens (primary N) is 1. The molecule has 17 heavy (non-hydrogen) atoms. The van der Waals surface area contributed by atoms with E-state index in [0.29, 0.717) is 30.4 Å². The van der Waals surface area contributed by atoms with Crippen LogP contribution in [0.25, 0.3) is 0 Å². The molecule has 1 unspecified atom stereocenters. The van der Waals surface area contributed by atoms with Crippen molar-refractivity contribution in [3.63, 3.8) is 0 Å². The molecule has 3 N–H and O–H groups in total. The first kappa shape index (κ1) is 13.0. The number of hydrogen-bond donors (Lipinski definition) is 2. The smallest absolute Gasteiger partial charge is 0.250 e. The summed E-state index contributed by atoms with van der Waals surface area (Å²) in [4.78, 5) is 0.996. The Morgan fingerprint density at radius 2 is 2.35 bits per heavy atom. The summed E-state index contributed by atoms with van der Waals surface area (Å²) in [5.74, 6) is 0. The van der Waals surface area contributed by atoms with E-state index in [1.165, 1.54) is 11.3 Å². The highest BCUT2D eigenvalue weighted by Gasteiger charge is 2.24. The lowest BCUT2D eigenvalue weighted by Crippen LogP contribution is -2.34. The Bertz CT molecular complexity index is 464. The fourth-order valence-corrected chi connectivity index (χ4v) is 4.33. The maximum atomic E-state index is 12.0. The quantitative estimate of drug-likeness (QED) is 0.811. The molecule has 1 atom stereocenters. The largest absolute Gasteiger partial charge is 0.380 e. The van der Waals surface area contributed by atoms with Crippen molar-refractivity contribution in [2.45, 2.75) is 23.1 Å². The van der Waals surface area contributed by atoms with Gasteiger partial charge in [-0.2, -0.15) is 0 Å². The average molecular weight is 276 g/mol. The second kappa shape index (κ2) is 5.45. The lowest BCUT2D eigenvalue weighted by Gasteiger charge is -2.09. The van der Waals surface area contributed by atoms with Crippen molar-refractivity contribution in [1.82, 2.24) is 4.72 Å². The summed E-state index contributed by atoms with van der Waals surface area (Å²) in [6.45, 7) is 1.61. The predicted octanol–water partition coefficient (Wildman–Crippen LogP) is 0.316. The minimum Gasteiger partial charge on any atom is -0.380 e. The molecule has 1 aliphatic heterocycles. The van der Waals surface area contributed by atoms with Crippen molar-refractivity contribution < 1.29 is 13.2 Å². The van der Waals surface area contributed by atoms with Crippen LogP contribution in [-0.4, -0.2) is 34.2 Å². The Kier molecular flexibility index (Phi) is 4.16. The van der Waals surface area contributed by atoms with E-state index in [4.69, 9.17) is 10.5 Å². The summed E-state index contributed by atoms with van der Waals surface area (Å²) in [6, 6.07) is 3.35. The molecule has 0 saturated carbocycles. The number of hydrogen-bond acceptors (Lipinski definition) is 5. The second-order valence-corrected chi connectivity index (χ2v) is 7.05. The van der Waals surface area contributed by atoms with Crippen LogP contribution in [0.1, 0.15) is 11.3 Å². The van der Waals surface area contributed by atoms with Crippen LogP contribution in [0.5, 0.6) is 0 Å². The Hall–Kier alpha value is -0.470. The van der Waals surface area contributed by atoms with Gasteiger partial charge in [0.25, 0.3) is 0 Å². The van der Waals surface area contributed by atoms with E-state index in [-0.39, 0.29) is 6.04 Å². The second-order valence-electron chi connectivity index (χ2n) is 3.94. The lowest BCUT2D eigenvalue weighted by atomic mass is 10.3. The molecule has 1 saturated heterocycles. The van der Waals surface area contributed by atoms with E-state index < -0.39 is 10.0 Å². The zero-order chi connectivity index (χ0) is 12.3. The van der Waals surface area contributed by atoms with Gasteiger partial charge in [0.2, 0.25) is 10.0 Å². The molecule has 2 heterocycles. The van der Waals surface area contributed by atoms with Gasteiger partial charge >= 0.3 is 0 Å². The number of thiophene rings is 1. The monoisotopic (exact) mass is 276 g/mol. The molecule has 2 rings (SSSR count). The topological polar surface area (TPSA) is 81.4 Å². The predicted molar refractivity (Wildman–Crippen MR) is 66.6 cm³/mol. The summed E-state index contributed by atoms with van der Waals surface area (Å²) in [5, 5.41) is 0. The first-order chi connectivity index (χ1) is 8.12. The Balaban J connectivity index is 2.07. The van der Waals surface area contributed by atoms with Gasteiger partial charge in [-0.1, -0.05) is 0 Å². The van der Waals surface area contributed by atoms with Gasteiger partial charge in [0.1, 0.15) is 4.21 Å². The number of rotatable bonds is 5. The van der Waals surface area contributed by atoms with Crippen molar-refractivity contribution in [1.29, 1.82) is 0 Å². The molecule has 1 fully saturated rings. The standard InChI is InChI=1S/C10H16N2O3S2/c11-5-3-9-1-2-10(16-9)17(13,14)12-8-4-6-15-7-8/h1-2,8,12H,3-7,11H2. The SMILES string of the molecule is NCCc1ccc(S(=O)(=O)NC2CCOC2)s1. The molecule has 0 spiro atoms. The number of nitrogens with one attached hydrogen (secondary N) is 1. The van der Waals surface area contributed by atoms with E-state index >= 15 is 0 Å². The van der Waals surface area contributed by atoms with Crippen molar-refractivity contribution >= 4 is 21.4 Å². The highest BCUT2D eigenvalue weighted by atomic mass is 32.2. The molecule has 1 aliphatic rings. The van der Waals surface area contributed by atoms with E-state index in [9.17, 15) is 8.42 Å². The first-order valence-electron chi connectivity index (χ1n) is 5.50. The van der Waals surface area contributed by atoms with Crippen LogP contribution in [0.15, 0.2) is 16.3 Å². The van der Waals surface area contributed by atoms with Gasteiger partial charge in [-0.05, 0) is 31.5 Å². The molecule has 96 valence electrons. The zero-order valence-electron chi connectivity index (χ0n) is 9.39. The van der Waals surface area contributed by atoms with Crippen molar-refractivity contribution in [3.8, 4) is 0 Å². The van der Waals surface area contributed by atoms with Crippen LogP contribution in [0.2, 0.25) is 0 Å². The van der Waals surface area contributed by atoms with E-state index in [1.807, 2.05) is 6.07 Å². The molecule has 0 radical (unpaired) electrons. The third-order valence-corrected chi connectivity index (χ3v) is 5.70. The van der Waals surface area contributed by atoms with Gasteiger partial charge in [0.15, 0.2) is 0 Å². The van der Waals surface area contributed by atoms with Crippen molar-refractivity contribution in [2.75, 3.05) is 19.8 Å². The highest BCUT2D eigenvalue weighted by Crippen LogP contribution is 2.22. The molecule has 7 heteroatoms. The maximum absolute atomic E-state index is 12.0. The zero-order valence-corrected chi connectivity index (χ0v) is 11.0.